The van der Waals surface area contributed by atoms with Crippen LogP contribution in [0.4, 0.5) is 0 Å². The Morgan fingerprint density at radius 1 is 0.483 bits per heavy atom. The van der Waals surface area contributed by atoms with Crippen LogP contribution in [0.3, 0.4) is 0 Å². The SMILES string of the molecule is CCCCCCCCCCNCCCCNC[C@@H]1C[C@H]1CNCCCCNCC. The van der Waals surface area contributed by atoms with Crippen molar-refractivity contribution in [1.82, 2.24) is 21.3 Å². The van der Waals surface area contributed by atoms with Crippen LogP contribution in [-0.2, 0) is 0 Å². The van der Waals surface area contributed by atoms with Crippen molar-refractivity contribution in [2.75, 3.05) is 52.4 Å². The van der Waals surface area contributed by atoms with Gasteiger partial charge in [-0.05, 0) is 103 Å². The number of hydrogen-bond acceptors (Lipinski definition) is 4. The average molecular weight is 411 g/mol. The standard InChI is InChI=1S/C25H54N4/c1-3-5-6-7-8-9-10-11-17-27-18-13-15-20-29-23-25-21-24(25)22-28-19-14-12-16-26-4-2/h24-29H,3-23H2,1-2H3/t24-,25-/m0/s1. The van der Waals surface area contributed by atoms with Crippen molar-refractivity contribution in [2.45, 2.75) is 97.3 Å². The number of rotatable bonds is 24. The molecule has 0 aromatic rings. The molecule has 0 saturated heterocycles. The molecule has 1 saturated carbocycles. The summed E-state index contributed by atoms with van der Waals surface area (Å²) in [5.74, 6) is 1.87. The van der Waals surface area contributed by atoms with Gasteiger partial charge in [0.05, 0.1) is 0 Å². The molecule has 0 aromatic heterocycles. The zero-order valence-electron chi connectivity index (χ0n) is 20.0. The first-order valence-corrected chi connectivity index (χ1v) is 13.2. The molecule has 1 aliphatic rings. The van der Waals surface area contributed by atoms with Crippen LogP contribution < -0.4 is 21.3 Å². The molecular weight excluding hydrogens is 356 g/mol. The lowest BCUT2D eigenvalue weighted by molar-refractivity contribution is 0.523. The van der Waals surface area contributed by atoms with Gasteiger partial charge in [-0.2, -0.15) is 0 Å². The number of hydrogen-bond donors (Lipinski definition) is 4. The van der Waals surface area contributed by atoms with Crippen molar-refractivity contribution in [2.24, 2.45) is 11.8 Å². The maximum atomic E-state index is 3.68. The van der Waals surface area contributed by atoms with Crippen molar-refractivity contribution in [3.05, 3.63) is 0 Å². The Labute approximate surface area is 183 Å². The van der Waals surface area contributed by atoms with E-state index in [9.17, 15) is 0 Å². The molecule has 2 atom stereocenters. The summed E-state index contributed by atoms with van der Waals surface area (Å²) in [7, 11) is 0. The van der Waals surface area contributed by atoms with Gasteiger partial charge in [-0.3, -0.25) is 0 Å². The highest BCUT2D eigenvalue weighted by molar-refractivity contribution is 4.89. The summed E-state index contributed by atoms with van der Waals surface area (Å²) < 4.78 is 0. The van der Waals surface area contributed by atoms with Gasteiger partial charge < -0.3 is 21.3 Å². The fourth-order valence-electron chi connectivity index (χ4n) is 4.07. The molecule has 1 rings (SSSR count). The third kappa shape index (κ3) is 18.3. The van der Waals surface area contributed by atoms with Crippen molar-refractivity contribution >= 4 is 0 Å². The van der Waals surface area contributed by atoms with Gasteiger partial charge in [-0.25, -0.2) is 0 Å². The van der Waals surface area contributed by atoms with E-state index < -0.39 is 0 Å². The second-order valence-corrected chi connectivity index (χ2v) is 9.16. The first-order chi connectivity index (χ1) is 14.4. The summed E-state index contributed by atoms with van der Waals surface area (Å²) >= 11 is 0. The minimum atomic E-state index is 0.935. The van der Waals surface area contributed by atoms with Crippen molar-refractivity contribution in [3.8, 4) is 0 Å². The second kappa shape index (κ2) is 21.1. The smallest absolute Gasteiger partial charge is 0.00173 e. The zero-order chi connectivity index (χ0) is 20.8. The molecule has 1 fully saturated rings. The van der Waals surface area contributed by atoms with Crippen LogP contribution in [0.25, 0.3) is 0 Å². The Hall–Kier alpha value is -0.160. The van der Waals surface area contributed by atoms with E-state index >= 15 is 0 Å². The maximum Gasteiger partial charge on any atom is -0.00173 e. The van der Waals surface area contributed by atoms with Gasteiger partial charge in [0.1, 0.15) is 0 Å². The lowest BCUT2D eigenvalue weighted by Gasteiger charge is -2.07. The van der Waals surface area contributed by atoms with Gasteiger partial charge in [0, 0.05) is 0 Å². The van der Waals surface area contributed by atoms with Gasteiger partial charge in [0.2, 0.25) is 0 Å². The van der Waals surface area contributed by atoms with Crippen molar-refractivity contribution < 1.29 is 0 Å². The Kier molecular flexibility index (Phi) is 19.5. The molecule has 0 radical (unpaired) electrons. The van der Waals surface area contributed by atoms with E-state index in [-0.39, 0.29) is 0 Å². The predicted molar refractivity (Wildman–Crippen MR) is 130 cm³/mol. The van der Waals surface area contributed by atoms with Crippen molar-refractivity contribution in [1.29, 1.82) is 0 Å². The third-order valence-corrected chi connectivity index (χ3v) is 6.25. The Balaban J connectivity index is 1.68. The van der Waals surface area contributed by atoms with Crippen LogP contribution in [0.1, 0.15) is 97.3 Å². The maximum absolute atomic E-state index is 3.68. The topological polar surface area (TPSA) is 48.1 Å². The largest absolute Gasteiger partial charge is 0.317 e. The first-order valence-electron chi connectivity index (χ1n) is 13.2. The molecule has 0 heterocycles. The quantitative estimate of drug-likeness (QED) is 0.174. The minimum Gasteiger partial charge on any atom is -0.317 e. The highest BCUT2D eigenvalue weighted by Crippen LogP contribution is 2.37. The summed E-state index contributed by atoms with van der Waals surface area (Å²) in [5.41, 5.74) is 0. The van der Waals surface area contributed by atoms with Crippen LogP contribution in [0.5, 0.6) is 0 Å². The molecule has 29 heavy (non-hydrogen) atoms. The molecule has 0 unspecified atom stereocenters. The molecule has 1 aliphatic carbocycles. The molecule has 4 N–H and O–H groups in total. The zero-order valence-corrected chi connectivity index (χ0v) is 20.0. The van der Waals surface area contributed by atoms with Crippen LogP contribution in [-0.4, -0.2) is 52.4 Å². The summed E-state index contributed by atoms with van der Waals surface area (Å²) in [6, 6.07) is 0. The van der Waals surface area contributed by atoms with Gasteiger partial charge in [0.15, 0.2) is 0 Å². The Morgan fingerprint density at radius 3 is 1.41 bits per heavy atom. The molecule has 0 aromatic carbocycles. The second-order valence-electron chi connectivity index (χ2n) is 9.16. The highest BCUT2D eigenvalue weighted by atomic mass is 14.9. The van der Waals surface area contributed by atoms with Crippen LogP contribution in [0.2, 0.25) is 0 Å². The van der Waals surface area contributed by atoms with E-state index in [1.807, 2.05) is 0 Å². The average Bonchev–Trinajstić information content (AvgIpc) is 3.48. The molecule has 0 aliphatic heterocycles. The van der Waals surface area contributed by atoms with Crippen LogP contribution >= 0.6 is 0 Å². The minimum absolute atomic E-state index is 0.935. The van der Waals surface area contributed by atoms with E-state index in [1.165, 1.54) is 129 Å². The third-order valence-electron chi connectivity index (χ3n) is 6.25. The first kappa shape index (κ1) is 26.9. The molecule has 4 nitrogen and oxygen atoms in total. The Bertz CT molecular complexity index is 324. The molecule has 0 amide bonds. The fourth-order valence-corrected chi connectivity index (χ4v) is 4.07. The van der Waals surface area contributed by atoms with Crippen molar-refractivity contribution in [3.63, 3.8) is 0 Å². The van der Waals surface area contributed by atoms with E-state index in [2.05, 4.69) is 35.1 Å². The van der Waals surface area contributed by atoms with Gasteiger partial charge >= 0.3 is 0 Å². The van der Waals surface area contributed by atoms with Gasteiger partial charge in [-0.1, -0.05) is 58.8 Å². The van der Waals surface area contributed by atoms with Gasteiger partial charge in [0.25, 0.3) is 0 Å². The molecular formula is C25H54N4. The summed E-state index contributed by atoms with van der Waals surface area (Å²) in [4.78, 5) is 0. The van der Waals surface area contributed by atoms with E-state index in [1.54, 1.807) is 0 Å². The molecule has 0 bridgehead atoms. The number of nitrogens with one attached hydrogen (secondary N) is 4. The lowest BCUT2D eigenvalue weighted by atomic mass is 10.1. The van der Waals surface area contributed by atoms with E-state index in [0.29, 0.717) is 0 Å². The normalized spacial score (nSPS) is 18.4. The molecule has 4 heteroatoms. The summed E-state index contributed by atoms with van der Waals surface area (Å²) in [6.45, 7) is 14.0. The highest BCUT2D eigenvalue weighted by Gasteiger charge is 2.35. The monoisotopic (exact) mass is 410 g/mol. The van der Waals surface area contributed by atoms with E-state index in [0.717, 1.165) is 18.4 Å². The van der Waals surface area contributed by atoms with Gasteiger partial charge in [-0.15, -0.1) is 0 Å². The van der Waals surface area contributed by atoms with Crippen LogP contribution in [0, 0.1) is 11.8 Å². The summed E-state index contributed by atoms with van der Waals surface area (Å²) in [6.07, 6.45) is 18.0. The number of unbranched alkanes of at least 4 members (excludes halogenated alkanes) is 9. The van der Waals surface area contributed by atoms with Crippen LogP contribution in [0.15, 0.2) is 0 Å². The van der Waals surface area contributed by atoms with E-state index in [4.69, 9.17) is 0 Å². The molecule has 0 spiro atoms. The predicted octanol–water partition coefficient (Wildman–Crippen LogP) is 4.70. The Morgan fingerprint density at radius 2 is 0.897 bits per heavy atom. The summed E-state index contributed by atoms with van der Waals surface area (Å²) in [5, 5.41) is 14.3. The fraction of sp³-hybridized carbons (Fsp3) is 1.00. The molecule has 174 valence electrons. The lowest BCUT2D eigenvalue weighted by Crippen LogP contribution is -2.24.